The van der Waals surface area contributed by atoms with Gasteiger partial charge in [-0.25, -0.2) is 0 Å². The number of piperidine rings is 1. The van der Waals surface area contributed by atoms with Gasteiger partial charge in [0, 0.05) is 0 Å². The normalized spacial score (nSPS) is 16.8. The van der Waals surface area contributed by atoms with Gasteiger partial charge < -0.3 is 9.15 Å². The number of hydrogen-bond acceptors (Lipinski definition) is 7. The number of carbonyl (C=O) groups excluding carboxylic acids is 1. The third-order valence-corrected chi connectivity index (χ3v) is 4.62. The second-order valence-corrected chi connectivity index (χ2v) is 6.23. The van der Waals surface area contributed by atoms with Crippen LogP contribution in [0.2, 0.25) is 0 Å². The smallest absolute Gasteiger partial charge is 0.309 e. The van der Waals surface area contributed by atoms with Gasteiger partial charge in [-0.3, -0.25) is 9.69 Å². The first-order valence-corrected chi connectivity index (χ1v) is 8.39. The molecule has 2 aromatic rings. The number of hydrogen-bond donors (Lipinski definition) is 0. The molecule has 0 aliphatic carbocycles. The van der Waals surface area contributed by atoms with E-state index in [0.717, 1.165) is 30.8 Å². The molecule has 0 aromatic carbocycles. The maximum atomic E-state index is 11.7. The van der Waals surface area contributed by atoms with Gasteiger partial charge in [-0.05, 0) is 44.3 Å². The minimum absolute atomic E-state index is 0.0283. The summed E-state index contributed by atoms with van der Waals surface area (Å²) in [7, 11) is 0. The lowest BCUT2D eigenvalue weighted by molar-refractivity contribution is -0.149. The molecule has 1 aliphatic heterocycles. The maximum absolute atomic E-state index is 11.7. The SMILES string of the molecule is CCOC(=O)C1CCN(Cc2nnc(-c3cccs3)o2)CC1. The fourth-order valence-corrected chi connectivity index (χ4v) is 3.24. The monoisotopic (exact) mass is 321 g/mol. The van der Waals surface area contributed by atoms with Crippen molar-refractivity contribution in [2.45, 2.75) is 26.3 Å². The molecule has 0 atom stereocenters. The molecule has 6 nitrogen and oxygen atoms in total. The van der Waals surface area contributed by atoms with Crippen LogP contribution < -0.4 is 0 Å². The zero-order chi connectivity index (χ0) is 15.4. The summed E-state index contributed by atoms with van der Waals surface area (Å²) in [6, 6.07) is 3.93. The predicted octanol–water partition coefficient (Wildman–Crippen LogP) is 2.57. The third kappa shape index (κ3) is 3.53. The molecule has 0 N–H and O–H groups in total. The Morgan fingerprint density at radius 2 is 2.27 bits per heavy atom. The van der Waals surface area contributed by atoms with Crippen LogP contribution in [0.3, 0.4) is 0 Å². The van der Waals surface area contributed by atoms with Crippen LogP contribution in [0.1, 0.15) is 25.7 Å². The largest absolute Gasteiger partial charge is 0.466 e. The van der Waals surface area contributed by atoms with Crippen LogP contribution in [-0.2, 0) is 16.1 Å². The highest BCUT2D eigenvalue weighted by Crippen LogP contribution is 2.24. The van der Waals surface area contributed by atoms with E-state index < -0.39 is 0 Å². The number of aromatic nitrogens is 2. The summed E-state index contributed by atoms with van der Waals surface area (Å²) in [6.45, 7) is 4.62. The summed E-state index contributed by atoms with van der Waals surface area (Å²) in [5.41, 5.74) is 0. The Balaban J connectivity index is 1.52. The van der Waals surface area contributed by atoms with Crippen molar-refractivity contribution in [2.24, 2.45) is 5.92 Å². The van der Waals surface area contributed by atoms with E-state index in [1.54, 1.807) is 11.3 Å². The van der Waals surface area contributed by atoms with Crippen LogP contribution in [-0.4, -0.2) is 40.8 Å². The lowest BCUT2D eigenvalue weighted by Crippen LogP contribution is -2.36. The molecule has 1 saturated heterocycles. The Kier molecular flexibility index (Phi) is 4.84. The van der Waals surface area contributed by atoms with E-state index in [1.807, 2.05) is 24.4 Å². The Labute approximate surface area is 133 Å². The lowest BCUT2D eigenvalue weighted by atomic mass is 9.97. The number of thiophene rings is 1. The van der Waals surface area contributed by atoms with E-state index in [9.17, 15) is 4.79 Å². The number of nitrogens with zero attached hydrogens (tertiary/aromatic N) is 3. The summed E-state index contributed by atoms with van der Waals surface area (Å²) in [5, 5.41) is 10.2. The van der Waals surface area contributed by atoms with E-state index in [1.165, 1.54) is 0 Å². The molecule has 1 fully saturated rings. The van der Waals surface area contributed by atoms with Crippen LogP contribution in [0.15, 0.2) is 21.9 Å². The summed E-state index contributed by atoms with van der Waals surface area (Å²) < 4.78 is 10.8. The molecule has 7 heteroatoms. The Morgan fingerprint density at radius 1 is 1.45 bits per heavy atom. The molecule has 0 saturated carbocycles. The van der Waals surface area contributed by atoms with Gasteiger partial charge in [0.05, 0.1) is 23.9 Å². The molecule has 0 bridgehead atoms. The fraction of sp³-hybridized carbons (Fsp3) is 0.533. The van der Waals surface area contributed by atoms with Crippen LogP contribution >= 0.6 is 11.3 Å². The molecule has 22 heavy (non-hydrogen) atoms. The van der Waals surface area contributed by atoms with Gasteiger partial charge in [0.1, 0.15) is 0 Å². The fourth-order valence-electron chi connectivity index (χ4n) is 2.60. The van der Waals surface area contributed by atoms with E-state index in [4.69, 9.17) is 9.15 Å². The average molecular weight is 321 g/mol. The minimum Gasteiger partial charge on any atom is -0.466 e. The molecule has 3 rings (SSSR count). The molecule has 0 spiro atoms. The van der Waals surface area contributed by atoms with Gasteiger partial charge in [-0.15, -0.1) is 21.5 Å². The van der Waals surface area contributed by atoms with Crippen molar-refractivity contribution in [1.29, 1.82) is 0 Å². The quantitative estimate of drug-likeness (QED) is 0.788. The average Bonchev–Trinajstić information content (AvgIpc) is 3.19. The highest BCUT2D eigenvalue weighted by molar-refractivity contribution is 7.13. The molecule has 0 unspecified atom stereocenters. The molecule has 3 heterocycles. The van der Waals surface area contributed by atoms with E-state index in [2.05, 4.69) is 15.1 Å². The molecule has 118 valence electrons. The van der Waals surface area contributed by atoms with Gasteiger partial charge in [0.25, 0.3) is 5.89 Å². The number of ether oxygens (including phenoxy) is 1. The first-order chi connectivity index (χ1) is 10.8. The minimum atomic E-state index is -0.0695. The molecule has 0 radical (unpaired) electrons. The zero-order valence-electron chi connectivity index (χ0n) is 12.5. The van der Waals surface area contributed by atoms with Gasteiger partial charge >= 0.3 is 5.97 Å². The van der Waals surface area contributed by atoms with Crippen molar-refractivity contribution in [1.82, 2.24) is 15.1 Å². The first kappa shape index (κ1) is 15.2. The van der Waals surface area contributed by atoms with E-state index >= 15 is 0 Å². The summed E-state index contributed by atoms with van der Waals surface area (Å²) >= 11 is 1.58. The Bertz CT molecular complexity index is 603. The Hall–Kier alpha value is -1.73. The second kappa shape index (κ2) is 7.02. The Morgan fingerprint density at radius 3 is 2.95 bits per heavy atom. The van der Waals surface area contributed by atoms with Crippen LogP contribution in [0.25, 0.3) is 10.8 Å². The van der Waals surface area contributed by atoms with Crippen molar-refractivity contribution >= 4 is 17.3 Å². The van der Waals surface area contributed by atoms with Crippen LogP contribution in [0.5, 0.6) is 0 Å². The third-order valence-electron chi connectivity index (χ3n) is 3.77. The van der Waals surface area contributed by atoms with Gasteiger partial charge in [0.2, 0.25) is 5.89 Å². The van der Waals surface area contributed by atoms with Crippen molar-refractivity contribution < 1.29 is 13.9 Å². The number of rotatable bonds is 5. The van der Waals surface area contributed by atoms with Crippen molar-refractivity contribution in [3.05, 3.63) is 23.4 Å². The number of esters is 1. The van der Waals surface area contributed by atoms with Crippen molar-refractivity contribution in [3.63, 3.8) is 0 Å². The van der Waals surface area contributed by atoms with Crippen molar-refractivity contribution in [3.8, 4) is 10.8 Å². The topological polar surface area (TPSA) is 68.5 Å². The summed E-state index contributed by atoms with van der Waals surface area (Å²) in [4.78, 5) is 14.9. The van der Waals surface area contributed by atoms with Gasteiger partial charge in [-0.2, -0.15) is 0 Å². The predicted molar refractivity (Wildman–Crippen MR) is 82.2 cm³/mol. The number of carbonyl (C=O) groups is 1. The molecule has 0 amide bonds. The maximum Gasteiger partial charge on any atom is 0.309 e. The highest BCUT2D eigenvalue weighted by Gasteiger charge is 2.26. The van der Waals surface area contributed by atoms with Gasteiger partial charge in [-0.1, -0.05) is 6.07 Å². The zero-order valence-corrected chi connectivity index (χ0v) is 13.3. The first-order valence-electron chi connectivity index (χ1n) is 7.51. The number of likely N-dealkylation sites (tertiary alicyclic amines) is 1. The van der Waals surface area contributed by atoms with Crippen LogP contribution in [0.4, 0.5) is 0 Å². The second-order valence-electron chi connectivity index (χ2n) is 5.28. The van der Waals surface area contributed by atoms with Gasteiger partial charge in [0.15, 0.2) is 0 Å². The van der Waals surface area contributed by atoms with Crippen molar-refractivity contribution in [2.75, 3.05) is 19.7 Å². The van der Waals surface area contributed by atoms with Crippen LogP contribution in [0, 0.1) is 5.92 Å². The molecular formula is C15H19N3O3S. The standard InChI is InChI=1S/C15H19N3O3S/c1-2-20-15(19)11-5-7-18(8-6-11)10-13-16-17-14(21-13)12-4-3-9-22-12/h3-4,9,11H,2,5-8,10H2,1H3. The molecular weight excluding hydrogens is 302 g/mol. The molecule has 2 aromatic heterocycles. The highest BCUT2D eigenvalue weighted by atomic mass is 32.1. The summed E-state index contributed by atoms with van der Waals surface area (Å²) in [6.07, 6.45) is 1.65. The molecule has 1 aliphatic rings. The lowest BCUT2D eigenvalue weighted by Gasteiger charge is -2.29. The van der Waals surface area contributed by atoms with E-state index in [-0.39, 0.29) is 11.9 Å². The van der Waals surface area contributed by atoms with E-state index in [0.29, 0.717) is 24.9 Å². The summed E-state index contributed by atoms with van der Waals surface area (Å²) in [5.74, 6) is 1.16.